The highest BCUT2D eigenvalue weighted by atomic mass is 79.9. The first-order valence-corrected chi connectivity index (χ1v) is 6.73. The molecule has 2 nitrogen and oxygen atoms in total. The van der Waals surface area contributed by atoms with Gasteiger partial charge in [-0.25, -0.2) is 13.2 Å². The van der Waals surface area contributed by atoms with Gasteiger partial charge in [0.1, 0.15) is 23.2 Å². The van der Waals surface area contributed by atoms with Crippen LogP contribution < -0.4 is 4.74 Å². The van der Waals surface area contributed by atoms with Crippen LogP contribution in [0.25, 0.3) is 0 Å². The summed E-state index contributed by atoms with van der Waals surface area (Å²) in [5, 5.41) is 0. The molecule has 0 saturated carbocycles. The molecule has 0 aromatic heterocycles. The van der Waals surface area contributed by atoms with Crippen LogP contribution in [-0.4, -0.2) is 12.9 Å². The highest BCUT2D eigenvalue weighted by Gasteiger charge is 2.22. The number of hydrogen-bond acceptors (Lipinski definition) is 2. The molecule has 2 aromatic rings. The normalized spacial score (nSPS) is 10.5. The summed E-state index contributed by atoms with van der Waals surface area (Å²) in [4.78, 5) is 12.2. The minimum absolute atomic E-state index is 0.0239. The van der Waals surface area contributed by atoms with Gasteiger partial charge in [-0.2, -0.15) is 0 Å². The van der Waals surface area contributed by atoms with E-state index in [1.807, 2.05) is 0 Å². The Kier molecular flexibility index (Phi) is 4.67. The first-order chi connectivity index (χ1) is 9.95. The van der Waals surface area contributed by atoms with Gasteiger partial charge in [0, 0.05) is 12.0 Å². The average Bonchev–Trinajstić information content (AvgIpc) is 2.47. The summed E-state index contributed by atoms with van der Waals surface area (Å²) in [6.07, 6.45) is -0.603. The third kappa shape index (κ3) is 3.10. The van der Waals surface area contributed by atoms with Crippen LogP contribution in [0, 0.1) is 17.5 Å². The molecule has 0 bridgehead atoms. The maximum Gasteiger partial charge on any atom is 0.174 e. The van der Waals surface area contributed by atoms with Crippen molar-refractivity contribution in [3.8, 4) is 5.75 Å². The second kappa shape index (κ2) is 6.30. The van der Waals surface area contributed by atoms with Crippen molar-refractivity contribution in [3.05, 3.63) is 63.4 Å². The van der Waals surface area contributed by atoms with Crippen molar-refractivity contribution in [2.75, 3.05) is 7.11 Å². The van der Waals surface area contributed by atoms with Gasteiger partial charge in [0.2, 0.25) is 0 Å². The maximum atomic E-state index is 13.9. The smallest absolute Gasteiger partial charge is 0.174 e. The van der Waals surface area contributed by atoms with Gasteiger partial charge in [-0.05, 0) is 40.2 Å². The number of benzene rings is 2. The summed E-state index contributed by atoms with van der Waals surface area (Å²) in [5.41, 5.74) is -0.738. The molecule has 0 aliphatic carbocycles. The Bertz CT molecular complexity index is 702. The van der Waals surface area contributed by atoms with Crippen LogP contribution in [0.15, 0.2) is 34.8 Å². The molecule has 0 atom stereocenters. The van der Waals surface area contributed by atoms with Gasteiger partial charge in [0.15, 0.2) is 5.78 Å². The Balaban J connectivity index is 2.42. The minimum Gasteiger partial charge on any atom is -0.496 e. The standard InChI is InChI=1S/C15H10BrF3O2/c1-21-13-4-2-3-11(18)14(13)12(20)7-8-10(17)6-5-9(16)15(8)19/h2-6H,7H2,1H3. The topological polar surface area (TPSA) is 26.3 Å². The molecule has 2 rings (SSSR count). The Morgan fingerprint density at radius 1 is 1.14 bits per heavy atom. The van der Waals surface area contributed by atoms with E-state index >= 15 is 0 Å². The van der Waals surface area contributed by atoms with Gasteiger partial charge in [-0.1, -0.05) is 6.07 Å². The van der Waals surface area contributed by atoms with Gasteiger partial charge in [-0.15, -0.1) is 0 Å². The van der Waals surface area contributed by atoms with Gasteiger partial charge in [-0.3, -0.25) is 4.79 Å². The molecular formula is C15H10BrF3O2. The zero-order valence-corrected chi connectivity index (χ0v) is 12.5. The molecular weight excluding hydrogens is 349 g/mol. The summed E-state index contributed by atoms with van der Waals surface area (Å²) >= 11 is 2.92. The highest BCUT2D eigenvalue weighted by molar-refractivity contribution is 9.10. The predicted molar refractivity (Wildman–Crippen MR) is 75.0 cm³/mol. The largest absolute Gasteiger partial charge is 0.496 e. The van der Waals surface area contributed by atoms with E-state index in [0.29, 0.717) is 0 Å². The number of halogens is 4. The Morgan fingerprint density at radius 3 is 2.52 bits per heavy atom. The molecule has 0 spiro atoms. The van der Waals surface area contributed by atoms with Crippen LogP contribution in [0.4, 0.5) is 13.2 Å². The van der Waals surface area contributed by atoms with Crippen LogP contribution >= 0.6 is 15.9 Å². The molecule has 0 radical (unpaired) electrons. The number of ether oxygens (including phenoxy) is 1. The van der Waals surface area contributed by atoms with E-state index in [1.165, 1.54) is 25.3 Å². The molecule has 0 amide bonds. The Labute approximate surface area is 127 Å². The lowest BCUT2D eigenvalue weighted by Gasteiger charge is -2.10. The van der Waals surface area contributed by atoms with Crippen molar-refractivity contribution >= 4 is 21.7 Å². The first kappa shape index (κ1) is 15.6. The lowest BCUT2D eigenvalue weighted by Crippen LogP contribution is -2.11. The quantitative estimate of drug-likeness (QED) is 0.601. The van der Waals surface area contributed by atoms with Gasteiger partial charge >= 0.3 is 0 Å². The number of rotatable bonds is 4. The van der Waals surface area contributed by atoms with Crippen molar-refractivity contribution in [2.45, 2.75) is 6.42 Å². The number of ketones is 1. The van der Waals surface area contributed by atoms with Gasteiger partial charge < -0.3 is 4.74 Å². The lowest BCUT2D eigenvalue weighted by molar-refractivity contribution is 0.0983. The molecule has 0 saturated heterocycles. The van der Waals surface area contributed by atoms with Crippen molar-refractivity contribution in [2.24, 2.45) is 0 Å². The second-order valence-electron chi connectivity index (χ2n) is 4.24. The average molecular weight is 359 g/mol. The summed E-state index contributed by atoms with van der Waals surface area (Å²) in [6, 6.07) is 6.11. The van der Waals surface area contributed by atoms with E-state index in [4.69, 9.17) is 4.74 Å². The summed E-state index contributed by atoms with van der Waals surface area (Å²) in [6.45, 7) is 0. The van der Waals surface area contributed by atoms with E-state index < -0.39 is 35.2 Å². The summed E-state index contributed by atoms with van der Waals surface area (Å²) in [7, 11) is 1.28. The molecule has 21 heavy (non-hydrogen) atoms. The lowest BCUT2D eigenvalue weighted by atomic mass is 10.0. The van der Waals surface area contributed by atoms with Crippen LogP contribution in [0.5, 0.6) is 5.75 Å². The van der Waals surface area contributed by atoms with Crippen LogP contribution in [0.1, 0.15) is 15.9 Å². The summed E-state index contributed by atoms with van der Waals surface area (Å²) < 4.78 is 46.2. The number of carbonyl (C=O) groups is 1. The fourth-order valence-electron chi connectivity index (χ4n) is 1.93. The van der Waals surface area contributed by atoms with E-state index in [9.17, 15) is 18.0 Å². The van der Waals surface area contributed by atoms with Gasteiger partial charge in [0.25, 0.3) is 0 Å². The van der Waals surface area contributed by atoms with Crippen molar-refractivity contribution in [1.29, 1.82) is 0 Å². The van der Waals surface area contributed by atoms with Crippen LogP contribution in [0.3, 0.4) is 0 Å². The number of carbonyl (C=O) groups excluding carboxylic acids is 1. The molecule has 0 N–H and O–H groups in total. The molecule has 0 unspecified atom stereocenters. The Morgan fingerprint density at radius 2 is 1.86 bits per heavy atom. The van der Waals surface area contributed by atoms with Crippen LogP contribution in [-0.2, 0) is 6.42 Å². The zero-order chi connectivity index (χ0) is 15.6. The van der Waals surface area contributed by atoms with Crippen molar-refractivity contribution in [3.63, 3.8) is 0 Å². The minimum atomic E-state index is -0.876. The van der Waals surface area contributed by atoms with Gasteiger partial charge in [0.05, 0.1) is 17.1 Å². The van der Waals surface area contributed by atoms with E-state index in [1.54, 1.807) is 0 Å². The molecule has 6 heteroatoms. The predicted octanol–water partition coefficient (Wildman–Crippen LogP) is 4.30. The SMILES string of the molecule is COc1cccc(F)c1C(=O)Cc1c(F)ccc(Br)c1F. The fourth-order valence-corrected chi connectivity index (χ4v) is 2.30. The molecule has 0 fully saturated rings. The number of Topliss-reactive ketones (excluding diaryl/α,β-unsaturated/α-hetero) is 1. The molecule has 0 heterocycles. The Hall–Kier alpha value is -1.82. The molecule has 0 aliphatic rings. The first-order valence-electron chi connectivity index (χ1n) is 5.93. The molecule has 110 valence electrons. The molecule has 0 aliphatic heterocycles. The number of methoxy groups -OCH3 is 1. The second-order valence-corrected chi connectivity index (χ2v) is 5.09. The van der Waals surface area contributed by atoms with E-state index in [-0.39, 0.29) is 15.8 Å². The monoisotopic (exact) mass is 358 g/mol. The zero-order valence-electron chi connectivity index (χ0n) is 10.9. The number of hydrogen-bond donors (Lipinski definition) is 0. The van der Waals surface area contributed by atoms with Crippen molar-refractivity contribution in [1.82, 2.24) is 0 Å². The van der Waals surface area contributed by atoms with Crippen LogP contribution in [0.2, 0.25) is 0 Å². The van der Waals surface area contributed by atoms with E-state index in [2.05, 4.69) is 15.9 Å². The fraction of sp³-hybridized carbons (Fsp3) is 0.133. The summed E-state index contributed by atoms with van der Waals surface area (Å²) in [5.74, 6) is -3.27. The molecule has 2 aromatic carbocycles. The highest BCUT2D eigenvalue weighted by Crippen LogP contribution is 2.26. The van der Waals surface area contributed by atoms with E-state index in [0.717, 1.165) is 12.1 Å². The van der Waals surface area contributed by atoms with Crippen molar-refractivity contribution < 1.29 is 22.7 Å². The third-order valence-corrected chi connectivity index (χ3v) is 3.56. The third-order valence-electron chi connectivity index (χ3n) is 2.95. The maximum absolute atomic E-state index is 13.9.